The number of fused-ring (bicyclic) bond motifs is 1. The van der Waals surface area contributed by atoms with Crippen LogP contribution in [0.5, 0.6) is 0 Å². The largest absolute Gasteiger partial charge is 0.346 e. The van der Waals surface area contributed by atoms with Crippen molar-refractivity contribution in [3.8, 4) is 0 Å². The highest BCUT2D eigenvalue weighted by Crippen LogP contribution is 2.40. The van der Waals surface area contributed by atoms with Gasteiger partial charge >= 0.3 is 0 Å². The molecule has 6 heteroatoms. The fourth-order valence-electron chi connectivity index (χ4n) is 4.51. The number of hydrogen-bond acceptors (Lipinski definition) is 5. The molecule has 0 aromatic carbocycles. The highest BCUT2D eigenvalue weighted by atomic mass is 32.1. The van der Waals surface area contributed by atoms with Crippen molar-refractivity contribution in [3.05, 3.63) is 10.6 Å². The first-order chi connectivity index (χ1) is 12.0. The van der Waals surface area contributed by atoms with Gasteiger partial charge in [0.15, 0.2) is 5.13 Å². The van der Waals surface area contributed by atoms with Crippen LogP contribution < -0.4 is 10.2 Å². The monoisotopic (exact) mass is 362 g/mol. The maximum Gasteiger partial charge on any atom is 0.223 e. The van der Waals surface area contributed by atoms with Gasteiger partial charge in [0.05, 0.1) is 12.2 Å². The van der Waals surface area contributed by atoms with E-state index < -0.39 is 0 Å². The molecule has 5 nitrogen and oxygen atoms in total. The minimum atomic E-state index is -0.0539. The third kappa shape index (κ3) is 3.56. The van der Waals surface area contributed by atoms with E-state index in [9.17, 15) is 4.79 Å². The lowest BCUT2D eigenvalue weighted by Gasteiger charge is -2.37. The van der Waals surface area contributed by atoms with Crippen molar-refractivity contribution in [1.82, 2.24) is 15.2 Å². The maximum absolute atomic E-state index is 12.9. The van der Waals surface area contributed by atoms with Crippen molar-refractivity contribution in [2.24, 2.45) is 5.92 Å². The van der Waals surface area contributed by atoms with E-state index in [-0.39, 0.29) is 5.41 Å². The lowest BCUT2D eigenvalue weighted by molar-refractivity contribution is -0.134. The summed E-state index contributed by atoms with van der Waals surface area (Å²) < 4.78 is 0. The summed E-state index contributed by atoms with van der Waals surface area (Å²) in [5.41, 5.74) is 1.16. The van der Waals surface area contributed by atoms with Crippen LogP contribution in [-0.4, -0.2) is 48.5 Å². The molecule has 3 aliphatic rings. The number of hydrogen-bond donors (Lipinski definition) is 1. The van der Waals surface area contributed by atoms with E-state index in [1.54, 1.807) is 11.3 Å². The van der Waals surface area contributed by atoms with Crippen LogP contribution in [0.3, 0.4) is 0 Å². The molecule has 25 heavy (non-hydrogen) atoms. The van der Waals surface area contributed by atoms with Gasteiger partial charge in [0.25, 0.3) is 0 Å². The molecule has 0 bridgehead atoms. The van der Waals surface area contributed by atoms with E-state index in [4.69, 9.17) is 4.98 Å². The average Bonchev–Trinajstić information content (AvgIpc) is 3.25. The minimum Gasteiger partial charge on any atom is -0.346 e. The number of carbonyl (C=O) groups is 1. The standard InChI is InChI=1S/C19H30N4OS/c1-19(2)13-23(16(24)11-14-5-3-4-6-14)12-15-17(19)21-18(25-15)22-9-7-20-8-10-22/h14,20H,3-13H2,1-2H3. The van der Waals surface area contributed by atoms with Gasteiger partial charge in [-0.15, -0.1) is 0 Å². The van der Waals surface area contributed by atoms with Crippen LogP contribution in [0.2, 0.25) is 0 Å². The smallest absolute Gasteiger partial charge is 0.223 e. The summed E-state index contributed by atoms with van der Waals surface area (Å²) in [5, 5.41) is 4.54. The number of nitrogens with zero attached hydrogens (tertiary/aromatic N) is 3. The molecular weight excluding hydrogens is 332 g/mol. The number of anilines is 1. The Bertz CT molecular complexity index is 629. The van der Waals surface area contributed by atoms with Crippen LogP contribution in [-0.2, 0) is 16.8 Å². The van der Waals surface area contributed by atoms with Gasteiger partial charge in [-0.3, -0.25) is 4.79 Å². The summed E-state index contributed by atoms with van der Waals surface area (Å²) in [6.07, 6.45) is 5.83. The lowest BCUT2D eigenvalue weighted by Crippen LogP contribution is -2.45. The molecule has 0 atom stereocenters. The van der Waals surface area contributed by atoms with Gasteiger partial charge < -0.3 is 15.1 Å². The highest BCUT2D eigenvalue weighted by Gasteiger charge is 2.38. The summed E-state index contributed by atoms with van der Waals surface area (Å²) >= 11 is 1.80. The van der Waals surface area contributed by atoms with Crippen molar-refractivity contribution in [2.45, 2.75) is 57.9 Å². The normalized spacial score (nSPS) is 23.8. The molecule has 1 saturated heterocycles. The Kier molecular flexibility index (Phi) is 4.75. The molecular formula is C19H30N4OS. The summed E-state index contributed by atoms with van der Waals surface area (Å²) in [5.74, 6) is 0.970. The second kappa shape index (κ2) is 6.88. The van der Waals surface area contributed by atoms with E-state index in [2.05, 4.69) is 29.0 Å². The van der Waals surface area contributed by atoms with Crippen molar-refractivity contribution in [3.63, 3.8) is 0 Å². The first kappa shape index (κ1) is 17.3. The van der Waals surface area contributed by atoms with Crippen molar-refractivity contribution in [1.29, 1.82) is 0 Å². The molecule has 0 unspecified atom stereocenters. The molecule has 1 aliphatic carbocycles. The molecule has 1 aromatic heterocycles. The second-order valence-electron chi connectivity index (χ2n) is 8.49. The van der Waals surface area contributed by atoms with Crippen molar-refractivity contribution in [2.75, 3.05) is 37.6 Å². The molecule has 2 fully saturated rings. The Balaban J connectivity index is 1.50. The maximum atomic E-state index is 12.9. The number of piperazine rings is 1. The molecule has 0 spiro atoms. The Morgan fingerprint density at radius 3 is 2.72 bits per heavy atom. The molecule has 1 amide bonds. The topological polar surface area (TPSA) is 48.5 Å². The van der Waals surface area contributed by atoms with Crippen molar-refractivity contribution < 1.29 is 4.79 Å². The van der Waals surface area contributed by atoms with E-state index in [1.165, 1.54) is 36.3 Å². The van der Waals surface area contributed by atoms with Crippen molar-refractivity contribution >= 4 is 22.4 Å². The molecule has 1 N–H and O–H groups in total. The molecule has 138 valence electrons. The summed E-state index contributed by atoms with van der Waals surface area (Å²) in [6.45, 7) is 10.1. The van der Waals surface area contributed by atoms with Crippen LogP contribution in [0.1, 0.15) is 56.5 Å². The zero-order chi connectivity index (χ0) is 17.4. The minimum absolute atomic E-state index is 0.0539. The van der Waals surface area contributed by atoms with Gasteiger partial charge in [-0.05, 0) is 18.8 Å². The number of rotatable bonds is 3. The van der Waals surface area contributed by atoms with Gasteiger partial charge in [0.2, 0.25) is 5.91 Å². The molecule has 1 aromatic rings. The predicted octanol–water partition coefficient (Wildman–Crippen LogP) is 2.75. The number of thiazole rings is 1. The van der Waals surface area contributed by atoms with Crippen LogP contribution in [0.4, 0.5) is 5.13 Å². The fourth-order valence-corrected chi connectivity index (χ4v) is 5.82. The Hall–Kier alpha value is -1.14. The zero-order valence-electron chi connectivity index (χ0n) is 15.5. The van der Waals surface area contributed by atoms with Gasteiger partial charge in [0, 0.05) is 49.4 Å². The Labute approximate surface area is 154 Å². The predicted molar refractivity (Wildman–Crippen MR) is 102 cm³/mol. The van der Waals surface area contributed by atoms with Gasteiger partial charge in [-0.25, -0.2) is 4.98 Å². The number of aromatic nitrogens is 1. The molecule has 3 heterocycles. The summed E-state index contributed by atoms with van der Waals surface area (Å²) in [4.78, 5) is 23.6. The number of amides is 1. The molecule has 4 rings (SSSR count). The second-order valence-corrected chi connectivity index (χ2v) is 9.56. The van der Waals surface area contributed by atoms with E-state index >= 15 is 0 Å². The first-order valence-electron chi connectivity index (χ1n) is 9.76. The lowest BCUT2D eigenvalue weighted by atomic mass is 9.85. The third-order valence-corrected chi connectivity index (χ3v) is 7.03. The SMILES string of the molecule is CC1(C)CN(C(=O)CC2CCCC2)Cc2sc(N3CCNCC3)nc21. The third-order valence-electron chi connectivity index (χ3n) is 5.93. The van der Waals surface area contributed by atoms with Crippen LogP contribution in [0.25, 0.3) is 0 Å². The quantitative estimate of drug-likeness (QED) is 0.898. The number of nitrogens with one attached hydrogen (secondary N) is 1. The van der Waals surface area contributed by atoms with Gasteiger partial charge in [-0.1, -0.05) is 38.0 Å². The summed E-state index contributed by atoms with van der Waals surface area (Å²) in [7, 11) is 0. The Morgan fingerprint density at radius 2 is 2.00 bits per heavy atom. The average molecular weight is 363 g/mol. The molecule has 2 aliphatic heterocycles. The van der Waals surface area contributed by atoms with Crippen LogP contribution in [0.15, 0.2) is 0 Å². The number of carbonyl (C=O) groups excluding carboxylic acids is 1. The van der Waals surface area contributed by atoms with Gasteiger partial charge in [0.1, 0.15) is 0 Å². The van der Waals surface area contributed by atoms with Gasteiger partial charge in [-0.2, -0.15) is 0 Å². The van der Waals surface area contributed by atoms with Crippen LogP contribution in [0, 0.1) is 5.92 Å². The summed E-state index contributed by atoms with van der Waals surface area (Å²) in [6, 6.07) is 0. The van der Waals surface area contributed by atoms with E-state index in [0.717, 1.165) is 50.8 Å². The van der Waals surface area contributed by atoms with Crippen LogP contribution >= 0.6 is 11.3 Å². The molecule has 1 saturated carbocycles. The van der Waals surface area contributed by atoms with E-state index in [0.29, 0.717) is 11.8 Å². The zero-order valence-corrected chi connectivity index (χ0v) is 16.3. The highest BCUT2D eigenvalue weighted by molar-refractivity contribution is 7.15. The molecule has 0 radical (unpaired) electrons. The van der Waals surface area contributed by atoms with E-state index in [1.807, 2.05) is 0 Å². The fraction of sp³-hybridized carbons (Fsp3) is 0.789. The first-order valence-corrected chi connectivity index (χ1v) is 10.6. The Morgan fingerprint density at radius 1 is 1.28 bits per heavy atom.